The molecule has 0 heterocycles. The molecule has 0 aromatic carbocycles. The number of hydrogen-bond acceptors (Lipinski definition) is 1. The summed E-state index contributed by atoms with van der Waals surface area (Å²) in [5, 5.41) is 0. The zero-order valence-electron chi connectivity index (χ0n) is 7.39. The summed E-state index contributed by atoms with van der Waals surface area (Å²) in [6.45, 7) is 8.07. The third-order valence-electron chi connectivity index (χ3n) is 2.43. The van der Waals surface area contributed by atoms with E-state index in [4.69, 9.17) is 0 Å². The van der Waals surface area contributed by atoms with Crippen molar-refractivity contribution in [1.82, 2.24) is 0 Å². The molecule has 0 aromatic heterocycles. The maximum Gasteiger partial charge on any atom is 0.133 e. The van der Waals surface area contributed by atoms with E-state index in [1.54, 1.807) is 0 Å². The van der Waals surface area contributed by atoms with Crippen molar-refractivity contribution in [1.29, 1.82) is 0 Å². The van der Waals surface area contributed by atoms with Crippen LogP contribution >= 0.6 is 0 Å². The number of ketones is 1. The van der Waals surface area contributed by atoms with Crippen molar-refractivity contribution in [2.75, 3.05) is 0 Å². The molecular weight excluding hydrogens is 136 g/mol. The molecule has 0 aliphatic heterocycles. The van der Waals surface area contributed by atoms with Crippen molar-refractivity contribution in [2.45, 2.75) is 33.1 Å². The summed E-state index contributed by atoms with van der Waals surface area (Å²) >= 11 is 0. The Kier molecular flexibility index (Phi) is 2.48. The van der Waals surface area contributed by atoms with Crippen LogP contribution in [0.4, 0.5) is 0 Å². The molecule has 1 rings (SSSR count). The lowest BCUT2D eigenvalue weighted by Crippen LogP contribution is -2.21. The molecule has 0 aromatic rings. The number of Topliss-reactive ketones (excluding diaryl/α,β-unsaturated/α-hetero) is 1. The quantitative estimate of drug-likeness (QED) is 0.528. The summed E-state index contributed by atoms with van der Waals surface area (Å²) in [6, 6.07) is 0. The molecule has 1 fully saturated rings. The lowest BCUT2D eigenvalue weighted by atomic mass is 9.79. The average molecular weight is 152 g/mol. The standard InChI is InChI=1S/C10H16O/c1-7(2)9-4-8(3)5-10(11)6-9/h8-9H,1,4-6H2,2-3H3/t8-,9+/m1/s1. The van der Waals surface area contributed by atoms with E-state index < -0.39 is 0 Å². The van der Waals surface area contributed by atoms with Crippen molar-refractivity contribution < 1.29 is 4.79 Å². The van der Waals surface area contributed by atoms with Gasteiger partial charge in [-0.3, -0.25) is 4.79 Å². The molecule has 0 bridgehead atoms. The third-order valence-corrected chi connectivity index (χ3v) is 2.43. The SMILES string of the molecule is C=C(C)[C@@H]1CC(=O)C[C@H](C)C1. The van der Waals surface area contributed by atoms with Gasteiger partial charge in [-0.25, -0.2) is 0 Å². The van der Waals surface area contributed by atoms with Crippen LogP contribution in [0.25, 0.3) is 0 Å². The summed E-state index contributed by atoms with van der Waals surface area (Å²) in [5.41, 5.74) is 1.17. The molecule has 1 nitrogen and oxygen atoms in total. The van der Waals surface area contributed by atoms with Gasteiger partial charge in [-0.1, -0.05) is 19.1 Å². The minimum atomic E-state index is 0.414. The van der Waals surface area contributed by atoms with Crippen LogP contribution in [0.3, 0.4) is 0 Å². The zero-order valence-corrected chi connectivity index (χ0v) is 7.39. The molecule has 2 atom stereocenters. The fourth-order valence-electron chi connectivity index (χ4n) is 1.77. The van der Waals surface area contributed by atoms with Crippen LogP contribution in [0.15, 0.2) is 12.2 Å². The molecule has 0 amide bonds. The number of allylic oxidation sites excluding steroid dienone is 1. The van der Waals surface area contributed by atoms with Crippen LogP contribution in [0, 0.1) is 11.8 Å². The van der Waals surface area contributed by atoms with Crippen LogP contribution in [-0.2, 0) is 4.79 Å². The van der Waals surface area contributed by atoms with Gasteiger partial charge in [0.05, 0.1) is 0 Å². The Morgan fingerprint density at radius 3 is 2.64 bits per heavy atom. The minimum Gasteiger partial charge on any atom is -0.300 e. The van der Waals surface area contributed by atoms with E-state index in [1.807, 2.05) is 6.92 Å². The molecule has 1 saturated carbocycles. The van der Waals surface area contributed by atoms with Crippen molar-refractivity contribution in [3.63, 3.8) is 0 Å². The Hall–Kier alpha value is -0.590. The second-order valence-electron chi connectivity index (χ2n) is 3.83. The van der Waals surface area contributed by atoms with E-state index >= 15 is 0 Å². The first-order chi connectivity index (χ1) is 5.09. The van der Waals surface area contributed by atoms with Crippen LogP contribution in [0.2, 0.25) is 0 Å². The van der Waals surface area contributed by atoms with Gasteiger partial charge < -0.3 is 0 Å². The number of hydrogen-bond donors (Lipinski definition) is 0. The van der Waals surface area contributed by atoms with E-state index in [-0.39, 0.29) is 0 Å². The Morgan fingerprint density at radius 1 is 1.55 bits per heavy atom. The van der Waals surface area contributed by atoms with Gasteiger partial charge in [0, 0.05) is 12.8 Å². The maximum absolute atomic E-state index is 11.1. The van der Waals surface area contributed by atoms with E-state index in [2.05, 4.69) is 13.5 Å². The summed E-state index contributed by atoms with van der Waals surface area (Å²) in [5.74, 6) is 1.45. The van der Waals surface area contributed by atoms with Gasteiger partial charge >= 0.3 is 0 Å². The van der Waals surface area contributed by atoms with Crippen molar-refractivity contribution in [2.24, 2.45) is 11.8 Å². The fraction of sp³-hybridized carbons (Fsp3) is 0.700. The van der Waals surface area contributed by atoms with Gasteiger partial charge in [-0.05, 0) is 25.2 Å². The first kappa shape index (κ1) is 8.51. The van der Waals surface area contributed by atoms with Gasteiger partial charge in [0.15, 0.2) is 0 Å². The molecule has 1 aliphatic carbocycles. The Labute approximate surface area is 68.5 Å². The van der Waals surface area contributed by atoms with E-state index in [0.29, 0.717) is 17.6 Å². The average Bonchev–Trinajstić information content (AvgIpc) is 1.85. The summed E-state index contributed by atoms with van der Waals surface area (Å²) in [4.78, 5) is 11.1. The van der Waals surface area contributed by atoms with Crippen LogP contribution in [0.5, 0.6) is 0 Å². The smallest absolute Gasteiger partial charge is 0.133 e. The van der Waals surface area contributed by atoms with Gasteiger partial charge in [0.1, 0.15) is 5.78 Å². The lowest BCUT2D eigenvalue weighted by molar-refractivity contribution is -0.122. The van der Waals surface area contributed by atoms with Crippen LogP contribution < -0.4 is 0 Å². The Balaban J connectivity index is 2.56. The van der Waals surface area contributed by atoms with Gasteiger partial charge in [0.25, 0.3) is 0 Å². The highest BCUT2D eigenvalue weighted by atomic mass is 16.1. The first-order valence-corrected chi connectivity index (χ1v) is 4.26. The molecule has 62 valence electrons. The van der Waals surface area contributed by atoms with Crippen LogP contribution in [0.1, 0.15) is 33.1 Å². The zero-order chi connectivity index (χ0) is 8.43. The maximum atomic E-state index is 11.1. The summed E-state index contributed by atoms with van der Waals surface area (Å²) in [7, 11) is 0. The fourth-order valence-corrected chi connectivity index (χ4v) is 1.77. The Bertz CT molecular complexity index is 181. The molecule has 0 unspecified atom stereocenters. The highest BCUT2D eigenvalue weighted by molar-refractivity contribution is 5.80. The minimum absolute atomic E-state index is 0.414. The molecule has 1 aliphatic rings. The normalized spacial score (nSPS) is 32.0. The largest absolute Gasteiger partial charge is 0.300 e. The van der Waals surface area contributed by atoms with E-state index in [0.717, 1.165) is 19.3 Å². The second kappa shape index (κ2) is 3.21. The topological polar surface area (TPSA) is 17.1 Å². The van der Waals surface area contributed by atoms with Crippen molar-refractivity contribution in [3.05, 3.63) is 12.2 Å². The highest BCUT2D eigenvalue weighted by Gasteiger charge is 2.24. The van der Waals surface area contributed by atoms with Crippen molar-refractivity contribution in [3.8, 4) is 0 Å². The summed E-state index contributed by atoms with van der Waals surface area (Å²) in [6.07, 6.45) is 2.67. The molecule has 0 spiro atoms. The first-order valence-electron chi connectivity index (χ1n) is 4.26. The summed E-state index contributed by atoms with van der Waals surface area (Å²) < 4.78 is 0. The van der Waals surface area contributed by atoms with Crippen LogP contribution in [-0.4, -0.2) is 5.78 Å². The molecular formula is C10H16O. The molecule has 0 radical (unpaired) electrons. The van der Waals surface area contributed by atoms with E-state index in [1.165, 1.54) is 5.57 Å². The molecule has 0 N–H and O–H groups in total. The van der Waals surface area contributed by atoms with Gasteiger partial charge in [-0.15, -0.1) is 0 Å². The molecule has 1 heteroatoms. The van der Waals surface area contributed by atoms with Gasteiger partial charge in [0.2, 0.25) is 0 Å². The van der Waals surface area contributed by atoms with Crippen molar-refractivity contribution >= 4 is 5.78 Å². The number of carbonyl (C=O) groups excluding carboxylic acids is 1. The lowest BCUT2D eigenvalue weighted by Gasteiger charge is -2.25. The second-order valence-corrected chi connectivity index (χ2v) is 3.83. The Morgan fingerprint density at radius 2 is 2.18 bits per heavy atom. The monoisotopic (exact) mass is 152 g/mol. The van der Waals surface area contributed by atoms with E-state index in [9.17, 15) is 4.79 Å². The molecule has 11 heavy (non-hydrogen) atoms. The predicted molar refractivity (Wildman–Crippen MR) is 46.3 cm³/mol. The molecule has 0 saturated heterocycles. The number of carbonyl (C=O) groups is 1. The van der Waals surface area contributed by atoms with Gasteiger partial charge in [-0.2, -0.15) is 0 Å². The number of rotatable bonds is 1. The highest BCUT2D eigenvalue weighted by Crippen LogP contribution is 2.30. The third kappa shape index (κ3) is 2.18. The predicted octanol–water partition coefficient (Wildman–Crippen LogP) is 2.57.